The molecule has 2 N–H and O–H groups in total. The van der Waals surface area contributed by atoms with Gasteiger partial charge in [-0.1, -0.05) is 0 Å². The van der Waals surface area contributed by atoms with E-state index in [1.807, 2.05) is 0 Å². The second-order valence-corrected chi connectivity index (χ2v) is 4.76. The molecule has 23 heteroatoms. The standard InChI is InChI=1S/C6H6N10O13/c17-11(18)5(12(19)20,13(21)22)1-7-3-4(10-29-9-3)8-2-6(14(23)24,15(25)26)16(27)28/h1-2H2,(H,7,9)(H,8,10). The highest BCUT2D eigenvalue weighted by Gasteiger charge is 2.71. The van der Waals surface area contributed by atoms with Crippen molar-refractivity contribution in [2.45, 2.75) is 11.6 Å². The van der Waals surface area contributed by atoms with Gasteiger partial charge in [0.15, 0.2) is 29.5 Å². The van der Waals surface area contributed by atoms with Crippen LogP contribution in [0.25, 0.3) is 0 Å². The predicted octanol–water partition coefficient (Wildman–Crippen LogP) is -2.14. The molecule has 1 rings (SSSR count). The summed E-state index contributed by atoms with van der Waals surface area (Å²) in [4.78, 5) is 53.9. The molecular weight excluding hydrogens is 420 g/mol. The van der Waals surface area contributed by atoms with Crippen LogP contribution in [0.15, 0.2) is 4.63 Å². The van der Waals surface area contributed by atoms with E-state index in [0.29, 0.717) is 0 Å². The molecule has 0 aromatic carbocycles. The summed E-state index contributed by atoms with van der Waals surface area (Å²) >= 11 is 0. The Kier molecular flexibility index (Phi) is 5.96. The van der Waals surface area contributed by atoms with Gasteiger partial charge in [0.1, 0.15) is 0 Å². The Bertz CT molecular complexity index is 737. The molecule has 0 radical (unpaired) electrons. The Morgan fingerprint density at radius 3 is 1.07 bits per heavy atom. The SMILES string of the molecule is O=[N+]([O-])C(CNc1nonc1NCC([N+](=O)[O-])([N+](=O)[O-])[N+](=O)[O-])([N+](=O)[O-])[N+](=O)[O-]. The van der Waals surface area contributed by atoms with Crippen LogP contribution in [0.1, 0.15) is 0 Å². The second-order valence-electron chi connectivity index (χ2n) is 4.76. The minimum Gasteiger partial charge on any atom is -0.343 e. The highest BCUT2D eigenvalue weighted by Crippen LogP contribution is 2.21. The first-order chi connectivity index (χ1) is 13.3. The number of hydrogen-bond acceptors (Lipinski definition) is 17. The van der Waals surface area contributed by atoms with E-state index in [9.17, 15) is 60.7 Å². The zero-order valence-corrected chi connectivity index (χ0v) is 13.3. The molecule has 0 bridgehead atoms. The van der Waals surface area contributed by atoms with Gasteiger partial charge in [0.25, 0.3) is 0 Å². The molecule has 0 aliphatic carbocycles. The van der Waals surface area contributed by atoms with Gasteiger partial charge in [0, 0.05) is 0 Å². The fourth-order valence-electron chi connectivity index (χ4n) is 1.61. The Morgan fingerprint density at radius 2 is 0.862 bits per heavy atom. The second kappa shape index (κ2) is 7.80. The van der Waals surface area contributed by atoms with Gasteiger partial charge >= 0.3 is 11.6 Å². The van der Waals surface area contributed by atoms with Gasteiger partial charge < -0.3 is 10.6 Å². The minimum absolute atomic E-state index is 0.858. The molecule has 29 heavy (non-hydrogen) atoms. The molecule has 1 aromatic rings. The fraction of sp³-hybridized carbons (Fsp3) is 0.667. The minimum atomic E-state index is -3.98. The zero-order chi connectivity index (χ0) is 22.6. The fourth-order valence-corrected chi connectivity index (χ4v) is 1.61. The largest absolute Gasteiger partial charge is 0.717 e. The van der Waals surface area contributed by atoms with E-state index in [4.69, 9.17) is 0 Å². The summed E-state index contributed by atoms with van der Waals surface area (Å²) in [6.45, 7) is -3.29. The number of hydrogen-bond donors (Lipinski definition) is 2. The van der Waals surface area contributed by atoms with Crippen molar-refractivity contribution in [3.63, 3.8) is 0 Å². The first-order valence-corrected chi connectivity index (χ1v) is 6.51. The van der Waals surface area contributed by atoms with E-state index in [1.54, 1.807) is 10.6 Å². The van der Waals surface area contributed by atoms with E-state index >= 15 is 0 Å². The molecule has 0 saturated heterocycles. The van der Waals surface area contributed by atoms with Gasteiger partial charge in [-0.3, -0.25) is 60.7 Å². The summed E-state index contributed by atoms with van der Waals surface area (Å²) in [5.74, 6) is -9.68. The number of nitro groups is 6. The lowest BCUT2D eigenvalue weighted by Gasteiger charge is -2.11. The molecule has 0 aliphatic heterocycles. The molecule has 1 heterocycles. The van der Waals surface area contributed by atoms with E-state index in [2.05, 4.69) is 14.9 Å². The smallest absolute Gasteiger partial charge is 0.343 e. The molecular formula is C6H6N10O13. The maximum Gasteiger partial charge on any atom is 0.717 e. The average molecular weight is 426 g/mol. The molecule has 1 aromatic heterocycles. The summed E-state index contributed by atoms with van der Waals surface area (Å²) in [5.41, 5.74) is 0. The van der Waals surface area contributed by atoms with Crippen molar-refractivity contribution in [3.05, 3.63) is 60.7 Å². The first kappa shape index (κ1) is 22.2. The van der Waals surface area contributed by atoms with Crippen LogP contribution in [0.3, 0.4) is 0 Å². The third kappa shape index (κ3) is 3.66. The van der Waals surface area contributed by atoms with Crippen molar-refractivity contribution in [2.24, 2.45) is 0 Å². The maximum absolute atomic E-state index is 10.8. The molecule has 0 saturated carbocycles. The van der Waals surface area contributed by atoms with Gasteiger partial charge in [-0.05, 0) is 10.3 Å². The van der Waals surface area contributed by atoms with Crippen LogP contribution in [-0.2, 0) is 0 Å². The van der Waals surface area contributed by atoms with Crippen molar-refractivity contribution in [1.29, 1.82) is 0 Å². The molecule has 0 unspecified atom stereocenters. The molecule has 0 amide bonds. The van der Waals surface area contributed by atoms with Crippen LogP contribution in [0, 0.1) is 60.7 Å². The van der Waals surface area contributed by atoms with Crippen LogP contribution in [-0.4, -0.2) is 64.5 Å². The van der Waals surface area contributed by atoms with E-state index in [-0.39, 0.29) is 0 Å². The van der Waals surface area contributed by atoms with Crippen molar-refractivity contribution >= 4 is 11.6 Å². The normalized spacial score (nSPS) is 11.3. The Morgan fingerprint density at radius 1 is 0.621 bits per heavy atom. The average Bonchev–Trinajstić information content (AvgIpc) is 3.01. The summed E-state index contributed by atoms with van der Waals surface area (Å²) in [7, 11) is 0. The van der Waals surface area contributed by atoms with Crippen molar-refractivity contribution in [1.82, 2.24) is 10.3 Å². The number of nitrogens with one attached hydrogen (secondary N) is 2. The van der Waals surface area contributed by atoms with Gasteiger partial charge in [0.05, 0.1) is 0 Å². The van der Waals surface area contributed by atoms with Crippen molar-refractivity contribution < 1.29 is 34.2 Å². The maximum atomic E-state index is 10.8. The summed E-state index contributed by atoms with van der Waals surface area (Å²) in [6, 6.07) is 0. The van der Waals surface area contributed by atoms with Gasteiger partial charge in [-0.15, -0.1) is 0 Å². The zero-order valence-electron chi connectivity index (χ0n) is 13.3. The van der Waals surface area contributed by atoms with Crippen LogP contribution in [0.2, 0.25) is 0 Å². The van der Waals surface area contributed by atoms with E-state index in [1.165, 1.54) is 0 Å². The van der Waals surface area contributed by atoms with Gasteiger partial charge in [-0.2, -0.15) is 0 Å². The number of anilines is 2. The third-order valence-corrected chi connectivity index (χ3v) is 3.23. The van der Waals surface area contributed by atoms with Gasteiger partial charge in [-0.25, -0.2) is 4.63 Å². The number of aromatic nitrogens is 2. The number of nitrogens with zero attached hydrogens (tertiary/aromatic N) is 8. The van der Waals surface area contributed by atoms with Crippen molar-refractivity contribution in [3.8, 4) is 0 Å². The highest BCUT2D eigenvalue weighted by atomic mass is 16.7. The summed E-state index contributed by atoms with van der Waals surface area (Å²) < 4.78 is 4.09. The molecule has 0 aliphatic rings. The molecule has 0 spiro atoms. The first-order valence-electron chi connectivity index (χ1n) is 6.51. The Balaban J connectivity index is 3.12. The molecule has 158 valence electrons. The lowest BCUT2D eigenvalue weighted by Crippen LogP contribution is -2.58. The van der Waals surface area contributed by atoms with Crippen molar-refractivity contribution in [2.75, 3.05) is 23.7 Å². The van der Waals surface area contributed by atoms with E-state index in [0.717, 1.165) is 0 Å². The third-order valence-electron chi connectivity index (χ3n) is 3.23. The molecule has 23 nitrogen and oxygen atoms in total. The van der Waals surface area contributed by atoms with Crippen LogP contribution in [0.4, 0.5) is 11.6 Å². The van der Waals surface area contributed by atoms with Gasteiger partial charge in [0.2, 0.25) is 24.7 Å². The highest BCUT2D eigenvalue weighted by molar-refractivity contribution is 5.57. The van der Waals surface area contributed by atoms with Crippen LogP contribution in [0.5, 0.6) is 0 Å². The summed E-state index contributed by atoms with van der Waals surface area (Å²) in [5, 5.41) is 74.3. The quantitative estimate of drug-likeness (QED) is 0.204. The lowest BCUT2D eigenvalue weighted by atomic mass is 10.3. The van der Waals surface area contributed by atoms with E-state index < -0.39 is 65.8 Å². The monoisotopic (exact) mass is 426 g/mol. The van der Waals surface area contributed by atoms with Crippen LogP contribution >= 0.6 is 0 Å². The number of rotatable bonds is 12. The van der Waals surface area contributed by atoms with Crippen LogP contribution < -0.4 is 10.6 Å². The lowest BCUT2D eigenvalue weighted by molar-refractivity contribution is -0.965. The Hall–Kier alpha value is -4.86. The molecule has 0 fully saturated rings. The topological polar surface area (TPSA) is 322 Å². The Labute approximate surface area is 153 Å². The predicted molar refractivity (Wildman–Crippen MR) is 78.7 cm³/mol. The molecule has 0 atom stereocenters. The summed E-state index contributed by atoms with van der Waals surface area (Å²) in [6.07, 6.45) is 0.